The second-order valence-electron chi connectivity index (χ2n) is 6.00. The Balaban J connectivity index is 2.04. The maximum Gasteiger partial charge on any atom is 0.310 e. The van der Waals surface area contributed by atoms with Crippen LogP contribution in [-0.2, 0) is 16.1 Å². The highest BCUT2D eigenvalue weighted by Gasteiger charge is 2.27. The third kappa shape index (κ3) is 3.80. The molecule has 4 heteroatoms. The molecular formula is C18H27NO3. The lowest BCUT2D eigenvalue weighted by molar-refractivity contribution is -0.150. The summed E-state index contributed by atoms with van der Waals surface area (Å²) < 4.78 is 10.5. The van der Waals surface area contributed by atoms with Crippen molar-refractivity contribution >= 4 is 5.97 Å². The Labute approximate surface area is 133 Å². The number of carbonyl (C=O) groups is 1. The van der Waals surface area contributed by atoms with Crippen LogP contribution >= 0.6 is 0 Å². The Morgan fingerprint density at radius 1 is 1.32 bits per heavy atom. The lowest BCUT2D eigenvalue weighted by Gasteiger charge is -2.32. The minimum Gasteiger partial charge on any atom is -0.496 e. The first-order valence-electron chi connectivity index (χ1n) is 8.08. The van der Waals surface area contributed by atoms with Crippen molar-refractivity contribution in [2.75, 3.05) is 26.8 Å². The third-order valence-electron chi connectivity index (χ3n) is 4.59. The number of likely N-dealkylation sites (tertiary alicyclic amines) is 1. The molecule has 2 rings (SSSR count). The van der Waals surface area contributed by atoms with Gasteiger partial charge in [0.15, 0.2) is 0 Å². The van der Waals surface area contributed by atoms with E-state index in [9.17, 15) is 4.79 Å². The van der Waals surface area contributed by atoms with Crippen molar-refractivity contribution in [3.05, 3.63) is 28.8 Å². The Hall–Kier alpha value is -1.55. The van der Waals surface area contributed by atoms with Crippen molar-refractivity contribution in [1.29, 1.82) is 0 Å². The molecule has 22 heavy (non-hydrogen) atoms. The molecule has 1 aromatic rings. The first kappa shape index (κ1) is 16.8. The Morgan fingerprint density at radius 2 is 2.09 bits per heavy atom. The molecule has 0 spiro atoms. The van der Waals surface area contributed by atoms with Crippen molar-refractivity contribution in [3.63, 3.8) is 0 Å². The number of ether oxygens (including phenoxy) is 2. The first-order valence-corrected chi connectivity index (χ1v) is 8.08. The molecule has 0 aromatic heterocycles. The van der Waals surface area contributed by atoms with Crippen LogP contribution in [0, 0.1) is 19.8 Å². The highest BCUT2D eigenvalue weighted by Crippen LogP contribution is 2.26. The normalized spacial score (nSPS) is 19.0. The minimum absolute atomic E-state index is 0.0216. The average Bonchev–Trinajstić information content (AvgIpc) is 2.53. The number of methoxy groups -OCH3 is 1. The maximum atomic E-state index is 11.9. The van der Waals surface area contributed by atoms with Crippen molar-refractivity contribution < 1.29 is 14.3 Å². The van der Waals surface area contributed by atoms with E-state index in [0.717, 1.165) is 38.2 Å². The summed E-state index contributed by atoms with van der Waals surface area (Å²) in [6.45, 7) is 9.28. The fraction of sp³-hybridized carbons (Fsp3) is 0.611. The summed E-state index contributed by atoms with van der Waals surface area (Å²) in [5.41, 5.74) is 3.78. The number of esters is 1. The summed E-state index contributed by atoms with van der Waals surface area (Å²) >= 11 is 0. The van der Waals surface area contributed by atoms with E-state index in [1.807, 2.05) is 13.0 Å². The topological polar surface area (TPSA) is 38.8 Å². The van der Waals surface area contributed by atoms with Gasteiger partial charge in [0.05, 0.1) is 19.6 Å². The number of piperidine rings is 1. The van der Waals surface area contributed by atoms with Gasteiger partial charge in [-0.2, -0.15) is 0 Å². The third-order valence-corrected chi connectivity index (χ3v) is 4.59. The Kier molecular flexibility index (Phi) is 5.83. The van der Waals surface area contributed by atoms with E-state index in [0.29, 0.717) is 6.61 Å². The minimum atomic E-state index is -0.0465. The molecule has 0 unspecified atom stereocenters. The summed E-state index contributed by atoms with van der Waals surface area (Å²) in [5, 5.41) is 0. The Morgan fingerprint density at radius 3 is 2.77 bits per heavy atom. The second-order valence-corrected chi connectivity index (χ2v) is 6.00. The molecule has 0 N–H and O–H groups in total. The average molecular weight is 305 g/mol. The fourth-order valence-electron chi connectivity index (χ4n) is 3.14. The monoisotopic (exact) mass is 305 g/mol. The van der Waals surface area contributed by atoms with Crippen LogP contribution < -0.4 is 4.74 Å². The van der Waals surface area contributed by atoms with E-state index < -0.39 is 0 Å². The van der Waals surface area contributed by atoms with Gasteiger partial charge in [0, 0.05) is 13.1 Å². The van der Waals surface area contributed by atoms with Gasteiger partial charge in [-0.3, -0.25) is 9.69 Å². The van der Waals surface area contributed by atoms with Gasteiger partial charge >= 0.3 is 5.97 Å². The molecule has 122 valence electrons. The number of benzene rings is 1. The summed E-state index contributed by atoms with van der Waals surface area (Å²) in [4.78, 5) is 14.3. The van der Waals surface area contributed by atoms with Gasteiger partial charge in [0.2, 0.25) is 0 Å². The molecule has 1 fully saturated rings. The van der Waals surface area contributed by atoms with E-state index in [1.54, 1.807) is 7.11 Å². The molecule has 1 saturated heterocycles. The van der Waals surface area contributed by atoms with Gasteiger partial charge in [-0.1, -0.05) is 6.07 Å². The zero-order chi connectivity index (χ0) is 16.1. The van der Waals surface area contributed by atoms with Gasteiger partial charge in [0.1, 0.15) is 5.75 Å². The largest absolute Gasteiger partial charge is 0.496 e. The molecule has 1 aromatic carbocycles. The summed E-state index contributed by atoms with van der Waals surface area (Å²) in [5.74, 6) is 0.910. The van der Waals surface area contributed by atoms with E-state index >= 15 is 0 Å². The van der Waals surface area contributed by atoms with E-state index in [-0.39, 0.29) is 11.9 Å². The van der Waals surface area contributed by atoms with Crippen molar-refractivity contribution in [1.82, 2.24) is 4.90 Å². The highest BCUT2D eigenvalue weighted by atomic mass is 16.5. The van der Waals surface area contributed by atoms with Gasteiger partial charge in [0.25, 0.3) is 0 Å². The van der Waals surface area contributed by atoms with Gasteiger partial charge < -0.3 is 9.47 Å². The zero-order valence-electron chi connectivity index (χ0n) is 14.1. The molecule has 4 nitrogen and oxygen atoms in total. The summed E-state index contributed by atoms with van der Waals surface area (Å²) in [7, 11) is 1.70. The number of rotatable bonds is 5. The molecule has 0 aliphatic carbocycles. The van der Waals surface area contributed by atoms with Crippen molar-refractivity contribution in [3.8, 4) is 5.75 Å². The highest BCUT2D eigenvalue weighted by molar-refractivity contribution is 5.72. The Bertz CT molecular complexity index is 527. The van der Waals surface area contributed by atoms with Gasteiger partial charge in [-0.05, 0) is 62.9 Å². The van der Waals surface area contributed by atoms with E-state index in [2.05, 4.69) is 24.8 Å². The lowest BCUT2D eigenvalue weighted by atomic mass is 9.96. The van der Waals surface area contributed by atoms with Crippen LogP contribution in [0.25, 0.3) is 0 Å². The summed E-state index contributed by atoms with van der Waals surface area (Å²) in [6.07, 6.45) is 1.99. The molecule has 1 heterocycles. The lowest BCUT2D eigenvalue weighted by Crippen LogP contribution is -2.39. The van der Waals surface area contributed by atoms with Crippen LogP contribution in [0.15, 0.2) is 12.1 Å². The second kappa shape index (κ2) is 7.63. The summed E-state index contributed by atoms with van der Waals surface area (Å²) in [6, 6.07) is 4.17. The number of hydrogen-bond acceptors (Lipinski definition) is 4. The maximum absolute atomic E-state index is 11.9. The van der Waals surface area contributed by atoms with E-state index in [4.69, 9.17) is 9.47 Å². The van der Waals surface area contributed by atoms with Gasteiger partial charge in [-0.15, -0.1) is 0 Å². The van der Waals surface area contributed by atoms with Crippen LogP contribution in [0.4, 0.5) is 0 Å². The van der Waals surface area contributed by atoms with Crippen molar-refractivity contribution in [2.24, 2.45) is 5.92 Å². The standard InChI is InChI=1S/C18H27NO3/c1-5-22-18(20)16-7-6-10-19(12-16)11-15-8-9-17(21-4)14(3)13(15)2/h8-9,16H,5-7,10-12H2,1-4H3/t16-/m1/s1. The van der Waals surface area contributed by atoms with Gasteiger partial charge in [-0.25, -0.2) is 0 Å². The molecule has 0 radical (unpaired) electrons. The van der Waals surface area contributed by atoms with Crippen LogP contribution in [0.2, 0.25) is 0 Å². The zero-order valence-corrected chi connectivity index (χ0v) is 14.1. The first-order chi connectivity index (χ1) is 10.6. The smallest absolute Gasteiger partial charge is 0.310 e. The van der Waals surface area contributed by atoms with Crippen LogP contribution in [0.3, 0.4) is 0 Å². The SMILES string of the molecule is CCOC(=O)[C@@H]1CCCN(Cc2ccc(OC)c(C)c2C)C1. The number of carbonyl (C=O) groups excluding carboxylic acids is 1. The molecule has 1 aliphatic rings. The van der Waals surface area contributed by atoms with Crippen LogP contribution in [0.5, 0.6) is 5.75 Å². The predicted octanol–water partition coefficient (Wildman–Crippen LogP) is 3.09. The number of hydrogen-bond donors (Lipinski definition) is 0. The molecule has 1 aliphatic heterocycles. The van der Waals surface area contributed by atoms with Crippen LogP contribution in [-0.4, -0.2) is 37.7 Å². The quantitative estimate of drug-likeness (QED) is 0.784. The number of nitrogens with zero attached hydrogens (tertiary/aromatic N) is 1. The van der Waals surface area contributed by atoms with Crippen LogP contribution in [0.1, 0.15) is 36.5 Å². The fourth-order valence-corrected chi connectivity index (χ4v) is 3.14. The van der Waals surface area contributed by atoms with E-state index in [1.165, 1.54) is 16.7 Å². The molecule has 0 amide bonds. The molecule has 0 bridgehead atoms. The molecule has 0 saturated carbocycles. The van der Waals surface area contributed by atoms with Crippen molar-refractivity contribution in [2.45, 2.75) is 40.2 Å². The molecular weight excluding hydrogens is 278 g/mol. The molecule has 1 atom stereocenters. The predicted molar refractivity (Wildman–Crippen MR) is 87.1 cm³/mol.